The lowest BCUT2D eigenvalue weighted by molar-refractivity contribution is -0.145. The molecule has 4 nitrogen and oxygen atoms in total. The summed E-state index contributed by atoms with van der Waals surface area (Å²) in [6.07, 6.45) is 1.51. The van der Waals surface area contributed by atoms with Crippen molar-refractivity contribution >= 4 is 5.97 Å². The van der Waals surface area contributed by atoms with Gasteiger partial charge in [-0.2, -0.15) is 0 Å². The molecule has 0 bridgehead atoms. The van der Waals surface area contributed by atoms with Gasteiger partial charge in [-0.05, 0) is 38.6 Å². The number of carboxylic acid groups (broad SMARTS) is 1. The van der Waals surface area contributed by atoms with Crippen molar-refractivity contribution in [1.29, 1.82) is 0 Å². The third-order valence-corrected chi connectivity index (χ3v) is 3.01. The van der Waals surface area contributed by atoms with E-state index in [1.165, 1.54) is 0 Å². The second-order valence-corrected chi connectivity index (χ2v) is 4.68. The molecule has 0 fully saturated rings. The molecule has 15 heavy (non-hydrogen) atoms. The molecule has 0 aromatic heterocycles. The van der Waals surface area contributed by atoms with E-state index < -0.39 is 17.5 Å². The fraction of sp³-hybridized carbons (Fsp3) is 0.909. The number of aliphatic hydroxyl groups is 1. The van der Waals surface area contributed by atoms with E-state index in [1.807, 2.05) is 13.8 Å². The van der Waals surface area contributed by atoms with Gasteiger partial charge in [0.15, 0.2) is 0 Å². The number of aliphatic carboxylic acids is 1. The van der Waals surface area contributed by atoms with Gasteiger partial charge in [-0.15, -0.1) is 0 Å². The minimum absolute atomic E-state index is 0.0530. The van der Waals surface area contributed by atoms with E-state index in [4.69, 9.17) is 10.8 Å². The minimum Gasteiger partial charge on any atom is -0.481 e. The van der Waals surface area contributed by atoms with Gasteiger partial charge in [-0.3, -0.25) is 4.79 Å². The van der Waals surface area contributed by atoms with Gasteiger partial charge >= 0.3 is 5.97 Å². The van der Waals surface area contributed by atoms with E-state index in [1.54, 1.807) is 6.92 Å². The van der Waals surface area contributed by atoms with Gasteiger partial charge < -0.3 is 15.9 Å². The normalized spacial score (nSPS) is 17.5. The minimum atomic E-state index is -0.919. The third-order valence-electron chi connectivity index (χ3n) is 3.01. The molecule has 0 aliphatic rings. The van der Waals surface area contributed by atoms with Crippen LogP contribution in [0.1, 0.15) is 40.0 Å². The summed E-state index contributed by atoms with van der Waals surface area (Å²) in [4.78, 5) is 11.0. The molecule has 0 saturated heterocycles. The molecule has 0 aliphatic carbocycles. The van der Waals surface area contributed by atoms with E-state index in [9.17, 15) is 9.90 Å². The number of carbonyl (C=O) groups is 1. The Morgan fingerprint density at radius 3 is 2.33 bits per heavy atom. The molecule has 0 amide bonds. The van der Waals surface area contributed by atoms with Crippen LogP contribution < -0.4 is 5.73 Å². The first kappa shape index (κ1) is 14.4. The Bertz CT molecular complexity index is 202. The smallest absolute Gasteiger partial charge is 0.306 e. The number of nitrogens with two attached hydrogens (primary N) is 1. The average molecular weight is 217 g/mol. The number of hydrogen-bond donors (Lipinski definition) is 3. The highest BCUT2D eigenvalue weighted by atomic mass is 16.4. The lowest BCUT2D eigenvalue weighted by Gasteiger charge is -2.30. The lowest BCUT2D eigenvalue weighted by atomic mass is 9.82. The number of rotatable bonds is 7. The predicted octanol–water partition coefficient (Wildman–Crippen LogP) is 1.22. The summed E-state index contributed by atoms with van der Waals surface area (Å²) in [7, 11) is 0. The summed E-state index contributed by atoms with van der Waals surface area (Å²) in [5.41, 5.74) is 4.43. The fourth-order valence-corrected chi connectivity index (χ4v) is 1.41. The van der Waals surface area contributed by atoms with Gasteiger partial charge in [-0.25, -0.2) is 0 Å². The Hall–Kier alpha value is -0.610. The Morgan fingerprint density at radius 2 is 2.00 bits per heavy atom. The van der Waals surface area contributed by atoms with Crippen LogP contribution in [0.3, 0.4) is 0 Å². The Labute approximate surface area is 91.5 Å². The summed E-state index contributed by atoms with van der Waals surface area (Å²) in [6, 6.07) is 0. The van der Waals surface area contributed by atoms with E-state index in [2.05, 4.69) is 0 Å². The maximum atomic E-state index is 11.0. The summed E-state index contributed by atoms with van der Waals surface area (Å²) >= 11 is 0. The second kappa shape index (κ2) is 6.08. The molecule has 0 rings (SSSR count). The molecule has 4 heteroatoms. The van der Waals surface area contributed by atoms with Gasteiger partial charge in [0.1, 0.15) is 0 Å². The first-order valence-corrected chi connectivity index (χ1v) is 5.46. The number of hydrogen-bond acceptors (Lipinski definition) is 3. The molecular formula is C11H23NO3. The van der Waals surface area contributed by atoms with Crippen molar-refractivity contribution in [1.82, 2.24) is 0 Å². The first-order valence-electron chi connectivity index (χ1n) is 5.46. The zero-order chi connectivity index (χ0) is 12.1. The average Bonchev–Trinajstić information content (AvgIpc) is 2.11. The molecular weight excluding hydrogens is 194 g/mol. The van der Waals surface area contributed by atoms with E-state index in [-0.39, 0.29) is 5.92 Å². The molecule has 0 spiro atoms. The van der Waals surface area contributed by atoms with E-state index in [0.717, 1.165) is 0 Å². The van der Waals surface area contributed by atoms with Crippen LogP contribution in [0.2, 0.25) is 0 Å². The van der Waals surface area contributed by atoms with Crippen molar-refractivity contribution in [2.24, 2.45) is 17.6 Å². The topological polar surface area (TPSA) is 83.5 Å². The summed E-state index contributed by atoms with van der Waals surface area (Å²) in [5.74, 6) is -1.28. The predicted molar refractivity (Wildman–Crippen MR) is 59.5 cm³/mol. The molecule has 0 saturated carbocycles. The second-order valence-electron chi connectivity index (χ2n) is 4.68. The molecule has 0 aromatic rings. The van der Waals surface area contributed by atoms with Gasteiger partial charge in [0, 0.05) is 0 Å². The third kappa shape index (κ3) is 5.14. The van der Waals surface area contributed by atoms with Crippen LogP contribution in [-0.2, 0) is 4.79 Å². The summed E-state index contributed by atoms with van der Waals surface area (Å²) in [5, 5.41) is 19.0. The molecule has 90 valence electrons. The van der Waals surface area contributed by atoms with Crippen molar-refractivity contribution in [2.45, 2.75) is 45.6 Å². The standard InChI is InChI=1S/C11H23NO3/c1-8(2)11(3,15)7-9(10(13)14)5-4-6-12/h8-9,15H,4-7,12H2,1-3H3,(H,13,14). The van der Waals surface area contributed by atoms with Crippen LogP contribution in [0.25, 0.3) is 0 Å². The zero-order valence-corrected chi connectivity index (χ0v) is 9.86. The molecule has 2 atom stereocenters. The van der Waals surface area contributed by atoms with Crippen LogP contribution >= 0.6 is 0 Å². The zero-order valence-electron chi connectivity index (χ0n) is 9.86. The van der Waals surface area contributed by atoms with Crippen LogP contribution in [0.5, 0.6) is 0 Å². The van der Waals surface area contributed by atoms with Crippen LogP contribution in [0.4, 0.5) is 0 Å². The highest BCUT2D eigenvalue weighted by Crippen LogP contribution is 2.27. The highest BCUT2D eigenvalue weighted by Gasteiger charge is 2.31. The van der Waals surface area contributed by atoms with Gasteiger partial charge in [-0.1, -0.05) is 13.8 Å². The van der Waals surface area contributed by atoms with E-state index >= 15 is 0 Å². The fourth-order valence-electron chi connectivity index (χ4n) is 1.41. The largest absolute Gasteiger partial charge is 0.481 e. The summed E-state index contributed by atoms with van der Waals surface area (Å²) < 4.78 is 0. The molecule has 4 N–H and O–H groups in total. The van der Waals surface area contributed by atoms with Gasteiger partial charge in [0.2, 0.25) is 0 Å². The molecule has 0 aliphatic heterocycles. The van der Waals surface area contributed by atoms with Crippen molar-refractivity contribution in [3.05, 3.63) is 0 Å². The SMILES string of the molecule is CC(C)C(C)(O)CC(CCCN)C(=O)O. The van der Waals surface area contributed by atoms with Crippen LogP contribution in [0.15, 0.2) is 0 Å². The molecule has 2 unspecified atom stereocenters. The highest BCUT2D eigenvalue weighted by molar-refractivity contribution is 5.70. The van der Waals surface area contributed by atoms with Crippen molar-refractivity contribution < 1.29 is 15.0 Å². The molecule has 0 aromatic carbocycles. The van der Waals surface area contributed by atoms with Crippen molar-refractivity contribution in [3.8, 4) is 0 Å². The maximum Gasteiger partial charge on any atom is 0.306 e. The molecule has 0 radical (unpaired) electrons. The Morgan fingerprint density at radius 1 is 1.47 bits per heavy atom. The van der Waals surface area contributed by atoms with Crippen LogP contribution in [0, 0.1) is 11.8 Å². The van der Waals surface area contributed by atoms with E-state index in [0.29, 0.717) is 25.8 Å². The quantitative estimate of drug-likeness (QED) is 0.598. The monoisotopic (exact) mass is 217 g/mol. The van der Waals surface area contributed by atoms with Crippen molar-refractivity contribution in [3.63, 3.8) is 0 Å². The number of carboxylic acids is 1. The van der Waals surface area contributed by atoms with Crippen molar-refractivity contribution in [2.75, 3.05) is 6.54 Å². The Balaban J connectivity index is 4.34. The first-order chi connectivity index (χ1) is 6.81. The van der Waals surface area contributed by atoms with Gasteiger partial charge in [0.25, 0.3) is 0 Å². The summed E-state index contributed by atoms with van der Waals surface area (Å²) in [6.45, 7) is 5.97. The Kier molecular flexibility index (Phi) is 5.83. The molecule has 0 heterocycles. The maximum absolute atomic E-state index is 11.0. The van der Waals surface area contributed by atoms with Crippen LogP contribution in [-0.4, -0.2) is 28.3 Å². The lowest BCUT2D eigenvalue weighted by Crippen LogP contribution is -2.36. The van der Waals surface area contributed by atoms with Gasteiger partial charge in [0.05, 0.1) is 11.5 Å².